The highest BCUT2D eigenvalue weighted by Crippen LogP contribution is 2.37. The van der Waals surface area contributed by atoms with Crippen molar-refractivity contribution in [3.63, 3.8) is 0 Å². The van der Waals surface area contributed by atoms with Crippen LogP contribution in [0.15, 0.2) is 0 Å². The van der Waals surface area contributed by atoms with E-state index in [2.05, 4.69) is 22.0 Å². The summed E-state index contributed by atoms with van der Waals surface area (Å²) in [4.78, 5) is 2.91. The Morgan fingerprint density at radius 3 is 3.06 bits per heavy atom. The van der Waals surface area contributed by atoms with Crippen molar-refractivity contribution in [3.8, 4) is 0 Å². The highest BCUT2D eigenvalue weighted by Gasteiger charge is 2.43. The maximum atomic E-state index is 3.71. The van der Waals surface area contributed by atoms with Crippen LogP contribution in [-0.4, -0.2) is 47.6 Å². The van der Waals surface area contributed by atoms with Crippen LogP contribution in [0.3, 0.4) is 0 Å². The fourth-order valence-electron chi connectivity index (χ4n) is 3.82. The smallest absolute Gasteiger partial charge is 0.0427 e. The van der Waals surface area contributed by atoms with Crippen molar-refractivity contribution in [3.05, 3.63) is 0 Å². The number of rotatable bonds is 0. The van der Waals surface area contributed by atoms with Gasteiger partial charge in [0.2, 0.25) is 0 Å². The van der Waals surface area contributed by atoms with Gasteiger partial charge in [-0.2, -0.15) is 11.8 Å². The second-order valence-corrected chi connectivity index (χ2v) is 6.79. The van der Waals surface area contributed by atoms with Gasteiger partial charge >= 0.3 is 0 Å². The Balaban J connectivity index is 1.82. The lowest BCUT2D eigenvalue weighted by Gasteiger charge is -2.50. The first-order valence-electron chi connectivity index (χ1n) is 6.96. The Morgan fingerprint density at radius 1 is 1.19 bits per heavy atom. The largest absolute Gasteiger partial charge is 0.315 e. The van der Waals surface area contributed by atoms with Gasteiger partial charge in [-0.05, 0) is 50.9 Å². The molecular formula is C13H24N2S. The molecule has 0 amide bonds. The lowest BCUT2D eigenvalue weighted by Crippen LogP contribution is -2.60. The summed E-state index contributed by atoms with van der Waals surface area (Å²) < 4.78 is 0. The topological polar surface area (TPSA) is 15.3 Å². The van der Waals surface area contributed by atoms with Crippen LogP contribution in [-0.2, 0) is 0 Å². The fraction of sp³-hybridized carbons (Fsp3) is 1.00. The minimum Gasteiger partial charge on any atom is -0.315 e. The van der Waals surface area contributed by atoms with Gasteiger partial charge in [0.25, 0.3) is 0 Å². The molecule has 0 aromatic carbocycles. The zero-order valence-corrected chi connectivity index (χ0v) is 11.0. The van der Waals surface area contributed by atoms with Crippen LogP contribution < -0.4 is 5.32 Å². The van der Waals surface area contributed by atoms with E-state index in [9.17, 15) is 0 Å². The van der Waals surface area contributed by atoms with Crippen LogP contribution in [0.2, 0.25) is 0 Å². The van der Waals surface area contributed by atoms with Gasteiger partial charge in [0.1, 0.15) is 0 Å². The average molecular weight is 240 g/mol. The monoisotopic (exact) mass is 240 g/mol. The molecule has 2 atom stereocenters. The third-order valence-corrected chi connectivity index (χ3v) is 5.97. The van der Waals surface area contributed by atoms with E-state index >= 15 is 0 Å². The molecule has 0 aromatic heterocycles. The maximum absolute atomic E-state index is 3.71. The summed E-state index contributed by atoms with van der Waals surface area (Å²) >= 11 is 2.18. The fourth-order valence-corrected chi connectivity index (χ4v) is 5.10. The number of nitrogens with one attached hydrogen (secondary N) is 1. The molecule has 0 radical (unpaired) electrons. The quantitative estimate of drug-likeness (QED) is 0.698. The lowest BCUT2D eigenvalue weighted by atomic mass is 9.88. The average Bonchev–Trinajstić information content (AvgIpc) is 2.52. The van der Waals surface area contributed by atoms with E-state index in [1.54, 1.807) is 0 Å². The Hall–Kier alpha value is 0.270. The van der Waals surface area contributed by atoms with Crippen molar-refractivity contribution in [2.75, 3.05) is 31.1 Å². The number of hydrogen-bond donors (Lipinski definition) is 1. The molecule has 3 heterocycles. The molecule has 1 N–H and O–H groups in total. The lowest BCUT2D eigenvalue weighted by molar-refractivity contribution is 0.0348. The first kappa shape index (κ1) is 11.4. The van der Waals surface area contributed by atoms with Crippen LogP contribution in [0.1, 0.15) is 38.5 Å². The number of thioether (sulfide) groups is 1. The van der Waals surface area contributed by atoms with Crippen molar-refractivity contribution in [2.45, 2.75) is 50.1 Å². The van der Waals surface area contributed by atoms with Crippen molar-refractivity contribution in [1.29, 1.82) is 0 Å². The van der Waals surface area contributed by atoms with Crippen molar-refractivity contribution < 1.29 is 0 Å². The molecule has 3 saturated heterocycles. The van der Waals surface area contributed by atoms with Gasteiger partial charge in [-0.1, -0.05) is 6.42 Å². The SMILES string of the molecule is C1CCN2C(C1)CCNCC21CCCSC1. The van der Waals surface area contributed by atoms with E-state index in [0.717, 1.165) is 6.04 Å². The predicted molar refractivity (Wildman–Crippen MR) is 71.1 cm³/mol. The Labute approximate surface area is 104 Å². The number of fused-ring (bicyclic) bond motifs is 2. The maximum Gasteiger partial charge on any atom is 0.0427 e. The van der Waals surface area contributed by atoms with E-state index in [0.29, 0.717) is 5.54 Å². The van der Waals surface area contributed by atoms with Gasteiger partial charge in [-0.3, -0.25) is 4.90 Å². The van der Waals surface area contributed by atoms with Gasteiger partial charge in [-0.15, -0.1) is 0 Å². The first-order valence-corrected chi connectivity index (χ1v) is 8.11. The zero-order valence-electron chi connectivity index (χ0n) is 10.2. The molecule has 3 rings (SSSR count). The van der Waals surface area contributed by atoms with Gasteiger partial charge in [0, 0.05) is 23.9 Å². The van der Waals surface area contributed by atoms with Crippen LogP contribution in [0.4, 0.5) is 0 Å². The highest BCUT2D eigenvalue weighted by molar-refractivity contribution is 7.99. The summed E-state index contributed by atoms with van der Waals surface area (Å²) in [6.07, 6.45) is 8.59. The van der Waals surface area contributed by atoms with Crippen LogP contribution in [0.5, 0.6) is 0 Å². The summed E-state index contributed by atoms with van der Waals surface area (Å²) in [6, 6.07) is 0.891. The molecule has 0 aromatic rings. The normalized spacial score (nSPS) is 41.6. The molecule has 92 valence electrons. The molecular weight excluding hydrogens is 216 g/mol. The Bertz CT molecular complexity index is 238. The second-order valence-electron chi connectivity index (χ2n) is 5.69. The van der Waals surface area contributed by atoms with E-state index in [1.807, 2.05) is 0 Å². The van der Waals surface area contributed by atoms with Crippen LogP contribution in [0, 0.1) is 0 Å². The first-order chi connectivity index (χ1) is 7.91. The third kappa shape index (κ3) is 2.02. The van der Waals surface area contributed by atoms with Gasteiger partial charge < -0.3 is 5.32 Å². The Kier molecular flexibility index (Phi) is 3.46. The molecule has 3 heteroatoms. The summed E-state index contributed by atoms with van der Waals surface area (Å²) in [5.41, 5.74) is 0.518. The summed E-state index contributed by atoms with van der Waals surface area (Å²) in [6.45, 7) is 3.86. The molecule has 16 heavy (non-hydrogen) atoms. The molecule has 0 saturated carbocycles. The third-order valence-electron chi connectivity index (χ3n) is 4.65. The molecule has 3 aliphatic heterocycles. The minimum atomic E-state index is 0.518. The molecule has 2 nitrogen and oxygen atoms in total. The minimum absolute atomic E-state index is 0.518. The van der Waals surface area contributed by atoms with Crippen molar-refractivity contribution >= 4 is 11.8 Å². The molecule has 3 aliphatic rings. The number of nitrogens with zero attached hydrogens (tertiary/aromatic N) is 1. The van der Waals surface area contributed by atoms with Crippen molar-refractivity contribution in [1.82, 2.24) is 10.2 Å². The summed E-state index contributed by atoms with van der Waals surface area (Å²) in [5, 5.41) is 3.71. The van der Waals surface area contributed by atoms with Crippen LogP contribution >= 0.6 is 11.8 Å². The van der Waals surface area contributed by atoms with E-state index in [1.165, 1.54) is 69.7 Å². The summed E-state index contributed by atoms with van der Waals surface area (Å²) in [5.74, 6) is 2.76. The Morgan fingerprint density at radius 2 is 2.19 bits per heavy atom. The summed E-state index contributed by atoms with van der Waals surface area (Å²) in [7, 11) is 0. The van der Waals surface area contributed by atoms with Crippen molar-refractivity contribution in [2.24, 2.45) is 0 Å². The predicted octanol–water partition coefficient (Wildman–Crippen LogP) is 2.10. The van der Waals surface area contributed by atoms with E-state index in [4.69, 9.17) is 0 Å². The van der Waals surface area contributed by atoms with E-state index < -0.39 is 0 Å². The molecule has 0 bridgehead atoms. The number of hydrogen-bond acceptors (Lipinski definition) is 3. The molecule has 3 fully saturated rings. The number of piperidine rings is 1. The van der Waals surface area contributed by atoms with Gasteiger partial charge in [0.05, 0.1) is 0 Å². The van der Waals surface area contributed by atoms with E-state index in [-0.39, 0.29) is 0 Å². The standard InChI is InChI=1S/C13H24N2S/c1-2-8-15-12(4-1)5-7-14-10-13(15)6-3-9-16-11-13/h12,14H,1-11H2. The van der Waals surface area contributed by atoms with Crippen LogP contribution in [0.25, 0.3) is 0 Å². The second kappa shape index (κ2) is 4.87. The van der Waals surface area contributed by atoms with Gasteiger partial charge in [0.15, 0.2) is 0 Å². The molecule has 1 spiro atoms. The zero-order chi connectivity index (χ0) is 10.8. The highest BCUT2D eigenvalue weighted by atomic mass is 32.2. The van der Waals surface area contributed by atoms with Gasteiger partial charge in [-0.25, -0.2) is 0 Å². The molecule has 2 unspecified atom stereocenters. The molecule has 0 aliphatic carbocycles.